The molecule has 174 valence electrons. The van der Waals surface area contributed by atoms with E-state index in [-0.39, 0.29) is 11.7 Å². The molecular weight excluding hydrogens is 458 g/mol. The second kappa shape index (κ2) is 11.7. The molecule has 0 saturated carbocycles. The van der Waals surface area contributed by atoms with Crippen molar-refractivity contribution in [3.63, 3.8) is 0 Å². The van der Waals surface area contributed by atoms with E-state index in [1.54, 1.807) is 25.3 Å². The second-order valence-electron chi connectivity index (χ2n) is 7.54. The molecule has 1 amide bonds. The number of carbonyl (C=O) groups is 1. The summed E-state index contributed by atoms with van der Waals surface area (Å²) in [5.41, 5.74) is 4.75. The average molecular weight is 482 g/mol. The van der Waals surface area contributed by atoms with Gasteiger partial charge in [-0.2, -0.15) is 10.4 Å². The number of benzene rings is 4. The SMILES string of the molecule is COc1cccc(/C=N/NC(=O)CSc2cccc3ccccc23)c1OCc1ccc(C#N)cc1. The van der Waals surface area contributed by atoms with Crippen molar-refractivity contribution in [2.24, 2.45) is 5.10 Å². The van der Waals surface area contributed by atoms with Gasteiger partial charge >= 0.3 is 0 Å². The van der Waals surface area contributed by atoms with Crippen LogP contribution in [-0.2, 0) is 11.4 Å². The van der Waals surface area contributed by atoms with Crippen LogP contribution in [0.3, 0.4) is 0 Å². The number of nitrogens with one attached hydrogen (secondary N) is 1. The molecule has 0 spiro atoms. The highest BCUT2D eigenvalue weighted by molar-refractivity contribution is 8.00. The van der Waals surface area contributed by atoms with E-state index in [0.29, 0.717) is 29.2 Å². The highest BCUT2D eigenvalue weighted by Gasteiger charge is 2.10. The number of methoxy groups -OCH3 is 1. The van der Waals surface area contributed by atoms with Gasteiger partial charge in [0.1, 0.15) is 6.61 Å². The first-order chi connectivity index (χ1) is 17.2. The average Bonchev–Trinajstić information content (AvgIpc) is 2.91. The van der Waals surface area contributed by atoms with Gasteiger partial charge in [-0.15, -0.1) is 11.8 Å². The number of carbonyl (C=O) groups excluding carboxylic acids is 1. The number of amides is 1. The maximum absolute atomic E-state index is 12.4. The van der Waals surface area contributed by atoms with Crippen molar-refractivity contribution in [1.82, 2.24) is 5.43 Å². The summed E-state index contributed by atoms with van der Waals surface area (Å²) in [6, 6.07) is 28.9. The molecule has 0 heterocycles. The molecule has 0 atom stereocenters. The number of thioether (sulfide) groups is 1. The van der Waals surface area contributed by atoms with Gasteiger partial charge in [0.25, 0.3) is 0 Å². The Kier molecular flexibility index (Phi) is 8.00. The van der Waals surface area contributed by atoms with E-state index in [4.69, 9.17) is 14.7 Å². The van der Waals surface area contributed by atoms with E-state index >= 15 is 0 Å². The van der Waals surface area contributed by atoms with Crippen LogP contribution >= 0.6 is 11.8 Å². The van der Waals surface area contributed by atoms with Gasteiger partial charge in [-0.05, 0) is 46.7 Å². The van der Waals surface area contributed by atoms with E-state index in [2.05, 4.69) is 34.8 Å². The van der Waals surface area contributed by atoms with Crippen LogP contribution in [0.2, 0.25) is 0 Å². The minimum Gasteiger partial charge on any atom is -0.493 e. The zero-order chi connectivity index (χ0) is 24.5. The molecule has 4 rings (SSSR count). The van der Waals surface area contributed by atoms with Gasteiger partial charge in [-0.25, -0.2) is 5.43 Å². The summed E-state index contributed by atoms with van der Waals surface area (Å²) in [4.78, 5) is 13.4. The molecule has 0 aliphatic rings. The number of ether oxygens (including phenoxy) is 2. The number of rotatable bonds is 9. The number of hydrogen-bond acceptors (Lipinski definition) is 6. The first-order valence-corrected chi connectivity index (χ1v) is 11.9. The van der Waals surface area contributed by atoms with Crippen molar-refractivity contribution in [2.75, 3.05) is 12.9 Å². The van der Waals surface area contributed by atoms with Gasteiger partial charge in [-0.1, -0.05) is 54.6 Å². The van der Waals surface area contributed by atoms with Crippen molar-refractivity contribution in [1.29, 1.82) is 5.26 Å². The van der Waals surface area contributed by atoms with Crippen LogP contribution in [0, 0.1) is 11.3 Å². The summed E-state index contributed by atoms with van der Waals surface area (Å²) in [6.07, 6.45) is 1.54. The molecule has 0 aliphatic carbocycles. The van der Waals surface area contributed by atoms with Crippen molar-refractivity contribution in [2.45, 2.75) is 11.5 Å². The molecule has 0 fully saturated rings. The van der Waals surface area contributed by atoms with E-state index in [1.807, 2.05) is 48.5 Å². The third-order valence-corrected chi connectivity index (χ3v) is 6.27. The predicted molar refractivity (Wildman–Crippen MR) is 139 cm³/mol. The lowest BCUT2D eigenvalue weighted by molar-refractivity contribution is -0.118. The fourth-order valence-electron chi connectivity index (χ4n) is 3.45. The fraction of sp³-hybridized carbons (Fsp3) is 0.107. The number of para-hydroxylation sites is 1. The van der Waals surface area contributed by atoms with E-state index in [9.17, 15) is 4.79 Å². The lowest BCUT2D eigenvalue weighted by atomic mass is 10.1. The molecule has 0 radical (unpaired) electrons. The van der Waals surface area contributed by atoms with Gasteiger partial charge < -0.3 is 9.47 Å². The van der Waals surface area contributed by atoms with Gasteiger partial charge in [0.05, 0.1) is 30.7 Å². The van der Waals surface area contributed by atoms with Gasteiger partial charge in [-0.3, -0.25) is 4.79 Å². The van der Waals surface area contributed by atoms with Crippen LogP contribution in [0.4, 0.5) is 0 Å². The molecule has 0 bridgehead atoms. The smallest absolute Gasteiger partial charge is 0.250 e. The number of fused-ring (bicyclic) bond motifs is 1. The summed E-state index contributed by atoms with van der Waals surface area (Å²) < 4.78 is 11.4. The van der Waals surface area contributed by atoms with Gasteiger partial charge in [0.15, 0.2) is 11.5 Å². The highest BCUT2D eigenvalue weighted by Crippen LogP contribution is 2.31. The largest absolute Gasteiger partial charge is 0.493 e. The minimum atomic E-state index is -0.206. The zero-order valence-corrected chi connectivity index (χ0v) is 19.9. The van der Waals surface area contributed by atoms with Crippen LogP contribution in [0.25, 0.3) is 10.8 Å². The monoisotopic (exact) mass is 481 g/mol. The summed E-state index contributed by atoms with van der Waals surface area (Å²) in [6.45, 7) is 0.293. The molecule has 0 aliphatic heterocycles. The second-order valence-corrected chi connectivity index (χ2v) is 8.55. The Balaban J connectivity index is 1.38. The Morgan fingerprint density at radius 2 is 1.80 bits per heavy atom. The summed E-state index contributed by atoms with van der Waals surface area (Å²) in [5.74, 6) is 1.11. The van der Waals surface area contributed by atoms with Crippen LogP contribution in [-0.4, -0.2) is 25.0 Å². The van der Waals surface area contributed by atoms with Crippen LogP contribution < -0.4 is 14.9 Å². The maximum atomic E-state index is 12.4. The van der Waals surface area contributed by atoms with Crippen molar-refractivity contribution >= 4 is 34.7 Å². The standard InChI is InChI=1S/C28H23N3O3S/c1-33-25-10-4-8-23(28(25)34-18-21-14-12-20(16-29)13-15-21)17-30-31-27(32)19-35-26-11-5-7-22-6-2-3-9-24(22)26/h2-15,17H,18-19H2,1H3,(H,31,32)/b30-17+. The van der Waals surface area contributed by atoms with Crippen molar-refractivity contribution in [3.8, 4) is 17.6 Å². The predicted octanol–water partition coefficient (Wildman–Crippen LogP) is 5.54. The fourth-order valence-corrected chi connectivity index (χ4v) is 4.32. The Hall–Kier alpha value is -4.28. The summed E-state index contributed by atoms with van der Waals surface area (Å²) in [7, 11) is 1.57. The van der Waals surface area contributed by atoms with Crippen LogP contribution in [0.1, 0.15) is 16.7 Å². The molecule has 4 aromatic rings. The van der Waals surface area contributed by atoms with Crippen molar-refractivity contribution < 1.29 is 14.3 Å². The van der Waals surface area contributed by atoms with Gasteiger partial charge in [0.2, 0.25) is 5.91 Å². The summed E-state index contributed by atoms with van der Waals surface area (Å²) in [5, 5.41) is 15.3. The lowest BCUT2D eigenvalue weighted by Gasteiger charge is -2.13. The third kappa shape index (κ3) is 6.19. The molecule has 0 unspecified atom stereocenters. The van der Waals surface area contributed by atoms with Crippen LogP contribution in [0.5, 0.6) is 11.5 Å². The quantitative estimate of drug-likeness (QED) is 0.193. The first kappa shape index (κ1) is 23.9. The molecule has 0 aromatic heterocycles. The Bertz CT molecular complexity index is 1390. The van der Waals surface area contributed by atoms with E-state index in [0.717, 1.165) is 21.2 Å². The number of nitrogens with zero attached hydrogens (tertiary/aromatic N) is 2. The normalized spacial score (nSPS) is 10.7. The van der Waals surface area contributed by atoms with Crippen LogP contribution in [0.15, 0.2) is 94.9 Å². The Morgan fingerprint density at radius 1 is 1.03 bits per heavy atom. The molecule has 4 aromatic carbocycles. The maximum Gasteiger partial charge on any atom is 0.250 e. The molecule has 35 heavy (non-hydrogen) atoms. The Labute approximate surface area is 208 Å². The molecule has 7 heteroatoms. The molecule has 6 nitrogen and oxygen atoms in total. The lowest BCUT2D eigenvalue weighted by Crippen LogP contribution is -2.19. The minimum absolute atomic E-state index is 0.206. The first-order valence-electron chi connectivity index (χ1n) is 10.9. The topological polar surface area (TPSA) is 83.7 Å². The zero-order valence-electron chi connectivity index (χ0n) is 19.1. The number of nitriles is 1. The molecule has 0 saturated heterocycles. The number of hydrazone groups is 1. The molecule has 1 N–H and O–H groups in total. The van der Waals surface area contributed by atoms with Gasteiger partial charge in [0, 0.05) is 10.5 Å². The summed E-state index contributed by atoms with van der Waals surface area (Å²) >= 11 is 1.47. The third-order valence-electron chi connectivity index (χ3n) is 5.20. The molecular formula is C28H23N3O3S. The number of hydrogen-bond donors (Lipinski definition) is 1. The Morgan fingerprint density at radius 3 is 2.60 bits per heavy atom. The van der Waals surface area contributed by atoms with E-state index < -0.39 is 0 Å². The van der Waals surface area contributed by atoms with E-state index in [1.165, 1.54) is 18.0 Å². The highest BCUT2D eigenvalue weighted by atomic mass is 32.2. The van der Waals surface area contributed by atoms with Crippen molar-refractivity contribution in [3.05, 3.63) is 102 Å².